The number of hydrogen-bond acceptors (Lipinski definition) is 1. The molecule has 0 aromatic heterocycles. The molecule has 17 heavy (non-hydrogen) atoms. The summed E-state index contributed by atoms with van der Waals surface area (Å²) < 4.78 is 0. The Hall–Kier alpha value is -1.60. The van der Waals surface area contributed by atoms with Gasteiger partial charge in [0.1, 0.15) is 0 Å². The van der Waals surface area contributed by atoms with Crippen molar-refractivity contribution in [3.8, 4) is 11.1 Å². The molecule has 0 heterocycles. The highest BCUT2D eigenvalue weighted by molar-refractivity contribution is 5.67. The van der Waals surface area contributed by atoms with Gasteiger partial charge in [0, 0.05) is 0 Å². The standard InChI is InChI=1S/C16H19N/c1-13-5-2-3-7-16(13)15-10-8-14(9-11-15)6-4-12-17/h2-3,5,7-11H,4,6,12,17H2,1H3. The van der Waals surface area contributed by atoms with Crippen LogP contribution in [0.15, 0.2) is 48.5 Å². The van der Waals surface area contributed by atoms with Crippen LogP contribution in [0.2, 0.25) is 0 Å². The maximum Gasteiger partial charge on any atom is -0.00741 e. The SMILES string of the molecule is Cc1ccccc1-c1ccc(CCCN)cc1. The summed E-state index contributed by atoms with van der Waals surface area (Å²) in [5.74, 6) is 0. The molecule has 0 radical (unpaired) electrons. The van der Waals surface area contributed by atoms with E-state index in [2.05, 4.69) is 55.5 Å². The molecule has 0 atom stereocenters. The Morgan fingerprint density at radius 1 is 0.941 bits per heavy atom. The number of nitrogens with two attached hydrogens (primary N) is 1. The summed E-state index contributed by atoms with van der Waals surface area (Å²) in [4.78, 5) is 0. The first-order chi connectivity index (χ1) is 8.31. The van der Waals surface area contributed by atoms with Crippen LogP contribution in [0.3, 0.4) is 0 Å². The molecule has 0 aliphatic carbocycles. The number of hydrogen-bond donors (Lipinski definition) is 1. The van der Waals surface area contributed by atoms with Gasteiger partial charge in [0.2, 0.25) is 0 Å². The fraction of sp³-hybridized carbons (Fsp3) is 0.250. The van der Waals surface area contributed by atoms with Crippen LogP contribution in [0.4, 0.5) is 0 Å². The second kappa shape index (κ2) is 5.65. The second-order valence-corrected chi connectivity index (χ2v) is 4.40. The van der Waals surface area contributed by atoms with E-state index >= 15 is 0 Å². The lowest BCUT2D eigenvalue weighted by Gasteiger charge is -2.07. The largest absolute Gasteiger partial charge is 0.330 e. The predicted molar refractivity (Wildman–Crippen MR) is 74.0 cm³/mol. The van der Waals surface area contributed by atoms with Gasteiger partial charge < -0.3 is 5.73 Å². The van der Waals surface area contributed by atoms with Crippen molar-refractivity contribution in [2.75, 3.05) is 6.54 Å². The fourth-order valence-electron chi connectivity index (χ4n) is 2.05. The highest BCUT2D eigenvalue weighted by Crippen LogP contribution is 2.23. The Balaban J connectivity index is 2.21. The molecule has 2 aromatic carbocycles. The first-order valence-corrected chi connectivity index (χ1v) is 6.16. The maximum atomic E-state index is 5.52. The van der Waals surface area contributed by atoms with Gasteiger partial charge in [-0.2, -0.15) is 0 Å². The lowest BCUT2D eigenvalue weighted by atomic mass is 9.99. The van der Waals surface area contributed by atoms with Gasteiger partial charge in [-0.15, -0.1) is 0 Å². The molecule has 0 spiro atoms. The average molecular weight is 225 g/mol. The van der Waals surface area contributed by atoms with E-state index in [9.17, 15) is 0 Å². The molecule has 0 fully saturated rings. The van der Waals surface area contributed by atoms with Gasteiger partial charge in [-0.25, -0.2) is 0 Å². The fourth-order valence-corrected chi connectivity index (χ4v) is 2.05. The van der Waals surface area contributed by atoms with Crippen molar-refractivity contribution < 1.29 is 0 Å². The van der Waals surface area contributed by atoms with Gasteiger partial charge >= 0.3 is 0 Å². The summed E-state index contributed by atoms with van der Waals surface area (Å²) in [6.07, 6.45) is 2.13. The third-order valence-corrected chi connectivity index (χ3v) is 3.08. The molecular formula is C16H19N. The van der Waals surface area contributed by atoms with Gasteiger partial charge in [0.05, 0.1) is 0 Å². The quantitative estimate of drug-likeness (QED) is 0.846. The van der Waals surface area contributed by atoms with Crippen LogP contribution in [0.25, 0.3) is 11.1 Å². The third-order valence-electron chi connectivity index (χ3n) is 3.08. The molecule has 2 aromatic rings. The molecule has 0 aliphatic rings. The topological polar surface area (TPSA) is 26.0 Å². The molecule has 0 unspecified atom stereocenters. The first-order valence-electron chi connectivity index (χ1n) is 6.16. The van der Waals surface area contributed by atoms with Crippen LogP contribution in [0.5, 0.6) is 0 Å². The van der Waals surface area contributed by atoms with Gasteiger partial charge in [-0.1, -0.05) is 48.5 Å². The van der Waals surface area contributed by atoms with Gasteiger partial charge in [-0.05, 0) is 48.6 Å². The molecule has 1 heteroatoms. The van der Waals surface area contributed by atoms with E-state index in [0.29, 0.717) is 0 Å². The summed E-state index contributed by atoms with van der Waals surface area (Å²) in [5, 5.41) is 0. The normalized spacial score (nSPS) is 10.5. The maximum absolute atomic E-state index is 5.52. The summed E-state index contributed by atoms with van der Waals surface area (Å²) in [5.41, 5.74) is 10.8. The minimum atomic E-state index is 0.763. The first kappa shape index (κ1) is 11.9. The average Bonchev–Trinajstić information content (AvgIpc) is 2.38. The highest BCUT2D eigenvalue weighted by Gasteiger charge is 2.00. The summed E-state index contributed by atoms with van der Waals surface area (Å²) in [6, 6.07) is 17.3. The lowest BCUT2D eigenvalue weighted by Crippen LogP contribution is -2.00. The second-order valence-electron chi connectivity index (χ2n) is 4.40. The van der Waals surface area contributed by atoms with Crippen LogP contribution < -0.4 is 5.73 Å². The molecule has 0 amide bonds. The molecule has 0 bridgehead atoms. The van der Waals surface area contributed by atoms with Crippen LogP contribution in [-0.4, -0.2) is 6.54 Å². The van der Waals surface area contributed by atoms with Gasteiger partial charge in [0.25, 0.3) is 0 Å². The Morgan fingerprint density at radius 3 is 2.29 bits per heavy atom. The molecule has 0 saturated heterocycles. The number of rotatable bonds is 4. The Kier molecular flexibility index (Phi) is 3.94. The zero-order valence-electron chi connectivity index (χ0n) is 10.3. The molecule has 2 N–H and O–H groups in total. The van der Waals surface area contributed by atoms with Crippen LogP contribution >= 0.6 is 0 Å². The minimum absolute atomic E-state index is 0.763. The van der Waals surface area contributed by atoms with Crippen LogP contribution in [0.1, 0.15) is 17.5 Å². The van der Waals surface area contributed by atoms with E-state index in [1.54, 1.807) is 0 Å². The summed E-state index contributed by atoms with van der Waals surface area (Å²) in [7, 11) is 0. The highest BCUT2D eigenvalue weighted by atomic mass is 14.5. The predicted octanol–water partition coefficient (Wildman–Crippen LogP) is 3.55. The van der Waals surface area contributed by atoms with E-state index in [1.807, 2.05) is 0 Å². The Morgan fingerprint density at radius 2 is 1.65 bits per heavy atom. The van der Waals surface area contributed by atoms with Gasteiger partial charge in [0.15, 0.2) is 0 Å². The molecule has 0 saturated carbocycles. The molecular weight excluding hydrogens is 206 g/mol. The minimum Gasteiger partial charge on any atom is -0.330 e. The smallest absolute Gasteiger partial charge is 0.00741 e. The number of aryl methyl sites for hydroxylation is 2. The number of benzene rings is 2. The van der Waals surface area contributed by atoms with E-state index in [4.69, 9.17) is 5.73 Å². The van der Waals surface area contributed by atoms with Crippen molar-refractivity contribution in [3.63, 3.8) is 0 Å². The van der Waals surface area contributed by atoms with Crippen molar-refractivity contribution in [1.82, 2.24) is 0 Å². The van der Waals surface area contributed by atoms with E-state index in [-0.39, 0.29) is 0 Å². The summed E-state index contributed by atoms with van der Waals surface area (Å²) in [6.45, 7) is 2.91. The zero-order chi connectivity index (χ0) is 12.1. The van der Waals surface area contributed by atoms with Crippen molar-refractivity contribution in [3.05, 3.63) is 59.7 Å². The van der Waals surface area contributed by atoms with E-state index in [1.165, 1.54) is 22.3 Å². The van der Waals surface area contributed by atoms with E-state index < -0.39 is 0 Å². The van der Waals surface area contributed by atoms with Crippen LogP contribution in [0, 0.1) is 6.92 Å². The zero-order valence-corrected chi connectivity index (χ0v) is 10.3. The summed E-state index contributed by atoms with van der Waals surface area (Å²) >= 11 is 0. The molecule has 88 valence electrons. The van der Waals surface area contributed by atoms with E-state index in [0.717, 1.165) is 19.4 Å². The van der Waals surface area contributed by atoms with Gasteiger partial charge in [-0.3, -0.25) is 0 Å². The van der Waals surface area contributed by atoms with Crippen molar-refractivity contribution >= 4 is 0 Å². The monoisotopic (exact) mass is 225 g/mol. The molecule has 0 aliphatic heterocycles. The molecule has 2 rings (SSSR count). The lowest BCUT2D eigenvalue weighted by molar-refractivity contribution is 0.833. The Labute approximate surface area is 103 Å². The molecule has 1 nitrogen and oxygen atoms in total. The third kappa shape index (κ3) is 2.95. The van der Waals surface area contributed by atoms with Crippen molar-refractivity contribution in [1.29, 1.82) is 0 Å². The van der Waals surface area contributed by atoms with Crippen molar-refractivity contribution in [2.45, 2.75) is 19.8 Å². The Bertz CT molecular complexity index is 471. The van der Waals surface area contributed by atoms with Crippen LogP contribution in [-0.2, 0) is 6.42 Å². The van der Waals surface area contributed by atoms with Crippen molar-refractivity contribution in [2.24, 2.45) is 5.73 Å².